The van der Waals surface area contributed by atoms with Crippen molar-refractivity contribution in [3.63, 3.8) is 0 Å². The van der Waals surface area contributed by atoms with Crippen LogP contribution in [-0.2, 0) is 35.4 Å². The molecule has 0 rings (SSSR count). The van der Waals surface area contributed by atoms with Crippen molar-refractivity contribution in [2.24, 2.45) is 10.8 Å². The smallest absolute Gasteiger partial charge is 0.223 e. The van der Waals surface area contributed by atoms with Crippen LogP contribution in [0.2, 0.25) is 0 Å². The Balaban J connectivity index is -0.000000809. The molecule has 0 spiro atoms. The minimum absolute atomic E-state index is 0. The Bertz CT molecular complexity index is 299. The molecule has 1 amide bonds. The zero-order valence-electron chi connectivity index (χ0n) is 13.0. The molecule has 19 heavy (non-hydrogen) atoms. The Morgan fingerprint density at radius 1 is 1.05 bits per heavy atom. The van der Waals surface area contributed by atoms with Crippen LogP contribution in [0, 0.1) is 10.8 Å². The quantitative estimate of drug-likeness (QED) is 0.645. The first-order chi connectivity index (χ1) is 8.13. The second kappa shape index (κ2) is 10.3. The number of rotatable bonds is 6. The summed E-state index contributed by atoms with van der Waals surface area (Å²) in [5, 5.41) is 2.46. The molecule has 0 radical (unpaired) electrons. The number of Topliss-reactive ketones (excluding diaryl/α,β-unsaturated/α-hetero) is 1. The van der Waals surface area contributed by atoms with Crippen LogP contribution >= 0.6 is 0 Å². The van der Waals surface area contributed by atoms with Gasteiger partial charge in [-0.25, -0.2) is 6.29 Å². The summed E-state index contributed by atoms with van der Waals surface area (Å²) in [4.78, 5) is 33.1. The van der Waals surface area contributed by atoms with Gasteiger partial charge >= 0.3 is 0 Å². The maximum absolute atomic E-state index is 11.7. The predicted molar refractivity (Wildman–Crippen MR) is 72.9 cm³/mol. The fourth-order valence-corrected chi connectivity index (χ4v) is 1.67. The van der Waals surface area contributed by atoms with Gasteiger partial charge in [-0.2, -0.15) is 0 Å². The van der Waals surface area contributed by atoms with Gasteiger partial charge in [0.05, 0.1) is 0 Å². The van der Waals surface area contributed by atoms with Gasteiger partial charge in [0.2, 0.25) is 5.91 Å². The molecule has 112 valence electrons. The second-order valence-corrected chi connectivity index (χ2v) is 5.33. The summed E-state index contributed by atoms with van der Waals surface area (Å²) in [6.07, 6.45) is 2.05. The molecule has 0 saturated heterocycles. The van der Waals surface area contributed by atoms with Crippen molar-refractivity contribution in [3.05, 3.63) is 0 Å². The molecular weight excluding hydrogens is 414 g/mol. The second-order valence-electron chi connectivity index (χ2n) is 5.33. The molecule has 1 N–H and O–H groups in total. The molecule has 0 bridgehead atoms. The molecule has 0 aliphatic heterocycles. The van der Waals surface area contributed by atoms with E-state index in [1.54, 1.807) is 20.1 Å². The molecule has 0 aliphatic rings. The molecule has 0 unspecified atom stereocenters. The fourth-order valence-electron chi connectivity index (χ4n) is 1.67. The maximum atomic E-state index is 11.7. The number of hydrogen-bond donors (Lipinski definition) is 1. The standard InChI is InChI=1S/C12H20NO3.C2H6.W/c1-9(15)11(2,3)8-12(4,5)10(16)13-6-7-14;1-2;/h6,8H2,1-5H3,(H,13,16);1-2H3;/q-1;;. The number of hydrogen-bond acceptors (Lipinski definition) is 3. The van der Waals surface area contributed by atoms with Crippen molar-refractivity contribution < 1.29 is 35.4 Å². The van der Waals surface area contributed by atoms with Crippen molar-refractivity contribution in [2.45, 2.75) is 54.9 Å². The van der Waals surface area contributed by atoms with E-state index in [-0.39, 0.29) is 39.3 Å². The van der Waals surface area contributed by atoms with Gasteiger partial charge in [0, 0.05) is 31.9 Å². The van der Waals surface area contributed by atoms with Gasteiger partial charge in [-0.3, -0.25) is 9.59 Å². The number of ketones is 1. The van der Waals surface area contributed by atoms with E-state index in [1.807, 2.05) is 27.7 Å². The van der Waals surface area contributed by atoms with Crippen molar-refractivity contribution in [3.8, 4) is 0 Å². The van der Waals surface area contributed by atoms with Crippen LogP contribution < -0.4 is 5.32 Å². The molecule has 0 fully saturated rings. The summed E-state index contributed by atoms with van der Waals surface area (Å²) in [6.45, 7) is 12.6. The molecule has 0 heterocycles. The van der Waals surface area contributed by atoms with E-state index in [0.717, 1.165) is 0 Å². The summed E-state index contributed by atoms with van der Waals surface area (Å²) in [6, 6.07) is 0. The predicted octanol–water partition coefficient (Wildman–Crippen LogP) is 2.27. The van der Waals surface area contributed by atoms with E-state index in [2.05, 4.69) is 5.32 Å². The summed E-state index contributed by atoms with van der Waals surface area (Å²) in [5.74, 6) is -0.180. The number of nitrogens with one attached hydrogen (secondary N) is 1. The number of carbonyl (C=O) groups excluding carboxylic acids is 3. The van der Waals surface area contributed by atoms with Crippen LogP contribution in [0.4, 0.5) is 0 Å². The van der Waals surface area contributed by atoms with Crippen LogP contribution in [0.15, 0.2) is 0 Å². The van der Waals surface area contributed by atoms with Gasteiger partial charge in [-0.15, -0.1) is 0 Å². The molecule has 5 heteroatoms. The largest absolute Gasteiger partial charge is 0.540 e. The molecule has 0 atom stereocenters. The Hall–Kier alpha value is -0.502. The molecule has 4 nitrogen and oxygen atoms in total. The SMILES string of the molecule is CC.CC(=O)C(C)(C)CC(C)(C)C(=O)NC[C-]=O.[W]. The third kappa shape index (κ3) is 9.09. The molecular formula is C14H26NO3W-. The van der Waals surface area contributed by atoms with Crippen molar-refractivity contribution in [1.82, 2.24) is 5.32 Å². The summed E-state index contributed by atoms with van der Waals surface area (Å²) in [7, 11) is 0. The summed E-state index contributed by atoms with van der Waals surface area (Å²) < 4.78 is 0. The molecule has 0 aromatic rings. The average Bonchev–Trinajstić information content (AvgIpc) is 2.26. The Labute approximate surface area is 131 Å². The maximum Gasteiger partial charge on any atom is 0.223 e. The topological polar surface area (TPSA) is 63.2 Å². The van der Waals surface area contributed by atoms with E-state index in [9.17, 15) is 14.4 Å². The van der Waals surface area contributed by atoms with Crippen LogP contribution in [0.5, 0.6) is 0 Å². The van der Waals surface area contributed by atoms with Crippen molar-refractivity contribution in [1.29, 1.82) is 0 Å². The average molecular weight is 440 g/mol. The molecule has 0 aromatic carbocycles. The van der Waals surface area contributed by atoms with E-state index >= 15 is 0 Å². The van der Waals surface area contributed by atoms with Gasteiger partial charge in [-0.1, -0.05) is 48.1 Å². The normalized spacial score (nSPS) is 10.5. The summed E-state index contributed by atoms with van der Waals surface area (Å²) in [5.41, 5.74) is -1.21. The Kier molecular flexibility index (Phi) is 12.8. The van der Waals surface area contributed by atoms with Crippen LogP contribution in [0.3, 0.4) is 0 Å². The number of carbonyl (C=O) groups is 2. The first-order valence-electron chi connectivity index (χ1n) is 6.28. The van der Waals surface area contributed by atoms with Crippen LogP contribution in [0.25, 0.3) is 0 Å². The van der Waals surface area contributed by atoms with Crippen LogP contribution in [0.1, 0.15) is 54.9 Å². The molecule has 0 saturated carbocycles. The zero-order chi connectivity index (χ0) is 15.0. The minimum Gasteiger partial charge on any atom is -0.540 e. The fraction of sp³-hybridized carbons (Fsp3) is 0.786. The van der Waals surface area contributed by atoms with Gasteiger partial charge in [0.15, 0.2) is 0 Å². The third-order valence-electron chi connectivity index (χ3n) is 2.77. The Morgan fingerprint density at radius 2 is 1.47 bits per heavy atom. The van der Waals surface area contributed by atoms with E-state index < -0.39 is 10.8 Å². The monoisotopic (exact) mass is 440 g/mol. The molecule has 0 aromatic heterocycles. The van der Waals surface area contributed by atoms with E-state index in [0.29, 0.717) is 6.42 Å². The van der Waals surface area contributed by atoms with Crippen LogP contribution in [-0.4, -0.2) is 24.5 Å². The van der Waals surface area contributed by atoms with Gasteiger partial charge < -0.3 is 10.1 Å². The summed E-state index contributed by atoms with van der Waals surface area (Å²) >= 11 is 0. The van der Waals surface area contributed by atoms with E-state index in [1.165, 1.54) is 6.92 Å². The van der Waals surface area contributed by atoms with Gasteiger partial charge in [-0.05, 0) is 13.3 Å². The Morgan fingerprint density at radius 3 is 1.79 bits per heavy atom. The van der Waals surface area contributed by atoms with Crippen molar-refractivity contribution >= 4 is 18.0 Å². The van der Waals surface area contributed by atoms with Crippen molar-refractivity contribution in [2.75, 3.05) is 6.54 Å². The van der Waals surface area contributed by atoms with E-state index in [4.69, 9.17) is 0 Å². The first kappa shape index (κ1) is 23.6. The molecule has 0 aliphatic carbocycles. The first-order valence-corrected chi connectivity index (χ1v) is 6.28. The zero-order valence-corrected chi connectivity index (χ0v) is 16.0. The third-order valence-corrected chi connectivity index (χ3v) is 2.77. The minimum atomic E-state index is -0.675. The van der Waals surface area contributed by atoms with Gasteiger partial charge in [0.25, 0.3) is 0 Å². The number of amides is 1. The van der Waals surface area contributed by atoms with Gasteiger partial charge in [0.1, 0.15) is 5.78 Å².